The van der Waals surface area contributed by atoms with Gasteiger partial charge in [-0.05, 0) is 110 Å². The van der Waals surface area contributed by atoms with Gasteiger partial charge in [0.15, 0.2) is 0 Å². The van der Waals surface area contributed by atoms with Gasteiger partial charge >= 0.3 is 0 Å². The molecular weight excluding hydrogens is 693 g/mol. The third-order valence-electron chi connectivity index (χ3n) is 11.6. The fraction of sp³-hybridized carbons (Fsp3) is 0.0566. The van der Waals surface area contributed by atoms with Crippen LogP contribution in [0.5, 0.6) is 0 Å². The molecule has 0 bridgehead atoms. The molecule has 0 N–H and O–H groups in total. The van der Waals surface area contributed by atoms with Crippen molar-refractivity contribution in [2.24, 2.45) is 0 Å². The standard InChI is InChI=1S/C53H36N4/c1-53(2)45-33-49(57(37-21-8-5-9-22-37)47-28-16-10-18-35(47)34-54)40-24-12-14-26-42(40)50(45)51-41-25-13-11-23-39(41)44-32-38(30-31-43(44)52(51)53)56(36-19-6-4-7-20-36)48-29-17-15-27-46(48)55-3/h4-33H,1-2H3. The lowest BCUT2D eigenvalue weighted by Crippen LogP contribution is -2.18. The first kappa shape index (κ1) is 33.9. The van der Waals surface area contributed by atoms with Gasteiger partial charge in [-0.3, -0.25) is 0 Å². The summed E-state index contributed by atoms with van der Waals surface area (Å²) < 4.78 is 0. The number of rotatable bonds is 6. The van der Waals surface area contributed by atoms with Crippen LogP contribution < -0.4 is 9.80 Å². The SMILES string of the molecule is [C-]#[N+]c1ccccc1N(c1ccccc1)c1ccc2c3c(c4ccccc4c2c1)-c1c(cc(N(c2ccccc2)c2ccccc2C#N)c2ccccc12)C3(C)C. The van der Waals surface area contributed by atoms with Crippen molar-refractivity contribution in [3.05, 3.63) is 210 Å². The molecule has 57 heavy (non-hydrogen) atoms. The summed E-state index contributed by atoms with van der Waals surface area (Å²) in [6.07, 6.45) is 0. The molecule has 9 aromatic carbocycles. The van der Waals surface area contributed by atoms with Crippen molar-refractivity contribution in [1.29, 1.82) is 5.26 Å². The van der Waals surface area contributed by atoms with Gasteiger partial charge in [0.25, 0.3) is 0 Å². The van der Waals surface area contributed by atoms with Crippen LogP contribution in [0, 0.1) is 17.9 Å². The van der Waals surface area contributed by atoms with Crippen molar-refractivity contribution in [3.8, 4) is 17.2 Å². The van der Waals surface area contributed by atoms with Crippen LogP contribution in [0.3, 0.4) is 0 Å². The van der Waals surface area contributed by atoms with Crippen LogP contribution in [0.4, 0.5) is 39.8 Å². The summed E-state index contributed by atoms with van der Waals surface area (Å²) in [5.74, 6) is 0. The minimum absolute atomic E-state index is 0.389. The molecule has 4 heteroatoms. The van der Waals surface area contributed by atoms with Crippen molar-refractivity contribution < 1.29 is 0 Å². The number of benzene rings is 9. The minimum Gasteiger partial charge on any atom is -0.320 e. The number of para-hydroxylation sites is 5. The van der Waals surface area contributed by atoms with E-state index in [1.54, 1.807) is 0 Å². The summed E-state index contributed by atoms with van der Waals surface area (Å²) in [6, 6.07) is 65.6. The molecule has 0 heterocycles. The van der Waals surface area contributed by atoms with E-state index in [0.29, 0.717) is 11.3 Å². The van der Waals surface area contributed by atoms with Crippen LogP contribution in [-0.4, -0.2) is 0 Å². The molecule has 1 aliphatic rings. The summed E-state index contributed by atoms with van der Waals surface area (Å²) in [6.45, 7) is 12.7. The van der Waals surface area contributed by atoms with Gasteiger partial charge in [-0.2, -0.15) is 5.26 Å². The van der Waals surface area contributed by atoms with Crippen LogP contribution in [0.25, 0.3) is 48.3 Å². The van der Waals surface area contributed by atoms with E-state index in [4.69, 9.17) is 6.57 Å². The molecule has 0 aromatic heterocycles. The Morgan fingerprint density at radius 1 is 0.474 bits per heavy atom. The third-order valence-corrected chi connectivity index (χ3v) is 11.6. The van der Waals surface area contributed by atoms with Crippen LogP contribution in [0.15, 0.2) is 182 Å². The maximum atomic E-state index is 10.3. The van der Waals surface area contributed by atoms with E-state index in [9.17, 15) is 5.26 Å². The van der Waals surface area contributed by atoms with Crippen molar-refractivity contribution in [1.82, 2.24) is 0 Å². The molecule has 0 aliphatic heterocycles. The molecule has 0 spiro atoms. The van der Waals surface area contributed by atoms with Gasteiger partial charge in [-0.1, -0.05) is 135 Å². The van der Waals surface area contributed by atoms with Crippen LogP contribution in [-0.2, 0) is 5.41 Å². The van der Waals surface area contributed by atoms with E-state index in [1.807, 2.05) is 72.8 Å². The highest BCUT2D eigenvalue weighted by Crippen LogP contribution is 2.59. The van der Waals surface area contributed by atoms with Gasteiger partial charge in [0.05, 0.1) is 29.2 Å². The predicted molar refractivity (Wildman–Crippen MR) is 237 cm³/mol. The Bertz CT molecular complexity index is 3130. The first-order valence-electron chi connectivity index (χ1n) is 19.2. The largest absolute Gasteiger partial charge is 0.320 e. The van der Waals surface area contributed by atoms with E-state index in [0.717, 1.165) is 39.5 Å². The minimum atomic E-state index is -0.389. The van der Waals surface area contributed by atoms with Crippen LogP contribution in [0.1, 0.15) is 30.5 Å². The van der Waals surface area contributed by atoms with Gasteiger partial charge < -0.3 is 9.80 Å². The van der Waals surface area contributed by atoms with Crippen LogP contribution >= 0.6 is 0 Å². The highest BCUT2D eigenvalue weighted by molar-refractivity contribution is 6.23. The second-order valence-corrected chi connectivity index (χ2v) is 15.1. The smallest absolute Gasteiger partial charge is 0.210 e. The molecule has 0 amide bonds. The van der Waals surface area contributed by atoms with E-state index in [1.165, 1.54) is 49.2 Å². The third kappa shape index (κ3) is 5.20. The lowest BCUT2D eigenvalue weighted by Gasteiger charge is -2.30. The first-order valence-corrected chi connectivity index (χ1v) is 19.2. The van der Waals surface area contributed by atoms with Crippen molar-refractivity contribution >= 4 is 72.1 Å². The fourth-order valence-electron chi connectivity index (χ4n) is 9.16. The van der Waals surface area contributed by atoms with Crippen molar-refractivity contribution in [2.45, 2.75) is 19.3 Å². The number of nitriles is 1. The van der Waals surface area contributed by atoms with Gasteiger partial charge in [0.1, 0.15) is 6.07 Å². The molecule has 1 aliphatic carbocycles. The first-order chi connectivity index (χ1) is 28.0. The molecule has 268 valence electrons. The summed E-state index contributed by atoms with van der Waals surface area (Å²) in [5, 5.41) is 17.4. The number of nitrogens with zero attached hydrogens (tertiary/aromatic N) is 4. The Balaban J connectivity index is 1.27. The Morgan fingerprint density at radius 2 is 1.04 bits per heavy atom. The summed E-state index contributed by atoms with van der Waals surface area (Å²) >= 11 is 0. The molecule has 9 aromatic rings. The van der Waals surface area contributed by atoms with E-state index in [-0.39, 0.29) is 5.41 Å². The lowest BCUT2D eigenvalue weighted by molar-refractivity contribution is 0.667. The summed E-state index contributed by atoms with van der Waals surface area (Å²) in [7, 11) is 0. The van der Waals surface area contributed by atoms with Gasteiger partial charge in [-0.25, -0.2) is 4.85 Å². The van der Waals surface area contributed by atoms with Crippen LogP contribution in [0.2, 0.25) is 0 Å². The number of anilines is 6. The monoisotopic (exact) mass is 728 g/mol. The topological polar surface area (TPSA) is 34.6 Å². The fourth-order valence-corrected chi connectivity index (χ4v) is 9.16. The Kier molecular flexibility index (Phi) is 7.89. The molecule has 0 saturated carbocycles. The Labute approximate surface area is 332 Å². The maximum Gasteiger partial charge on any atom is 0.210 e. The average molecular weight is 729 g/mol. The zero-order chi connectivity index (χ0) is 38.7. The highest BCUT2D eigenvalue weighted by atomic mass is 15.2. The maximum absolute atomic E-state index is 10.3. The molecule has 0 saturated heterocycles. The highest BCUT2D eigenvalue weighted by Gasteiger charge is 2.41. The number of hydrogen-bond acceptors (Lipinski definition) is 3. The quantitative estimate of drug-likeness (QED) is 0.126. The Hall–Kier alpha value is -7.66. The number of hydrogen-bond donors (Lipinski definition) is 0. The summed E-state index contributed by atoms with van der Waals surface area (Å²) in [5.41, 5.74) is 11.6. The second-order valence-electron chi connectivity index (χ2n) is 15.1. The van der Waals surface area contributed by atoms with Crippen molar-refractivity contribution in [3.63, 3.8) is 0 Å². The van der Waals surface area contributed by atoms with E-state index in [2.05, 4.69) is 144 Å². The van der Waals surface area contributed by atoms with Gasteiger partial charge in [0, 0.05) is 27.9 Å². The zero-order valence-electron chi connectivity index (χ0n) is 31.6. The van der Waals surface area contributed by atoms with E-state index >= 15 is 0 Å². The van der Waals surface area contributed by atoms with Gasteiger partial charge in [-0.15, -0.1) is 0 Å². The molecular formula is C53H36N4. The average Bonchev–Trinajstić information content (AvgIpc) is 3.51. The molecule has 4 nitrogen and oxygen atoms in total. The normalized spacial score (nSPS) is 12.5. The molecule has 0 fully saturated rings. The molecule has 0 atom stereocenters. The predicted octanol–water partition coefficient (Wildman–Crippen LogP) is 14.8. The molecule has 0 unspecified atom stereocenters. The lowest BCUT2D eigenvalue weighted by atomic mass is 9.79. The van der Waals surface area contributed by atoms with E-state index < -0.39 is 0 Å². The molecule has 0 radical (unpaired) electrons. The summed E-state index contributed by atoms with van der Waals surface area (Å²) in [4.78, 5) is 8.38. The Morgan fingerprint density at radius 3 is 1.72 bits per heavy atom. The number of fused-ring (bicyclic) bond motifs is 10. The zero-order valence-corrected chi connectivity index (χ0v) is 31.6. The second kappa shape index (κ2) is 13.3. The van der Waals surface area contributed by atoms with Crippen molar-refractivity contribution in [2.75, 3.05) is 9.80 Å². The van der Waals surface area contributed by atoms with Gasteiger partial charge in [0.2, 0.25) is 5.69 Å². The molecule has 10 rings (SSSR count).